The zero-order chi connectivity index (χ0) is 15.6. The van der Waals surface area contributed by atoms with Crippen LogP contribution in [0.15, 0.2) is 30.3 Å². The molecule has 0 aromatic heterocycles. The molecule has 21 heavy (non-hydrogen) atoms. The van der Waals surface area contributed by atoms with Crippen LogP contribution in [0.1, 0.15) is 29.8 Å². The van der Waals surface area contributed by atoms with Crippen molar-refractivity contribution in [2.24, 2.45) is 0 Å². The molecule has 0 saturated carbocycles. The van der Waals surface area contributed by atoms with Crippen molar-refractivity contribution in [1.82, 2.24) is 0 Å². The summed E-state index contributed by atoms with van der Waals surface area (Å²) >= 11 is 6.40. The van der Waals surface area contributed by atoms with E-state index in [-0.39, 0.29) is 11.6 Å². The molecule has 0 radical (unpaired) electrons. The molecule has 2 aromatic rings. The second-order valence-electron chi connectivity index (χ2n) is 4.71. The number of carbonyl (C=O) groups is 1. The Bertz CT molecular complexity index is 695. The molecular weight excluding hydrogens is 291 g/mol. The number of hydrogen-bond acceptors (Lipinski definition) is 2. The fraction of sp³-hybridized carbons (Fsp3) is 0.235. The molecule has 2 aromatic carbocycles. The molecule has 110 valence electrons. The van der Waals surface area contributed by atoms with Crippen LogP contribution in [-0.2, 0) is 6.42 Å². The lowest BCUT2D eigenvalue weighted by Gasteiger charge is -2.13. The monoisotopic (exact) mass is 306 g/mol. The van der Waals surface area contributed by atoms with E-state index in [2.05, 4.69) is 0 Å². The number of benzene rings is 2. The highest BCUT2D eigenvalue weighted by atomic mass is 35.5. The van der Waals surface area contributed by atoms with Gasteiger partial charge in [-0.15, -0.1) is 0 Å². The third-order valence-electron chi connectivity index (χ3n) is 3.44. The third kappa shape index (κ3) is 2.93. The quantitative estimate of drug-likeness (QED) is 0.749. The maximum absolute atomic E-state index is 14.1. The fourth-order valence-electron chi connectivity index (χ4n) is 2.34. The zero-order valence-electron chi connectivity index (χ0n) is 12.2. The first kappa shape index (κ1) is 15.5. The highest BCUT2D eigenvalue weighted by molar-refractivity contribution is 6.34. The number of ether oxygens (including phenoxy) is 1. The molecule has 0 spiro atoms. The molecule has 0 fully saturated rings. The van der Waals surface area contributed by atoms with Crippen molar-refractivity contribution in [1.29, 1.82) is 0 Å². The molecule has 0 aliphatic carbocycles. The molecule has 2 nitrogen and oxygen atoms in total. The van der Waals surface area contributed by atoms with Crippen molar-refractivity contribution >= 4 is 17.4 Å². The van der Waals surface area contributed by atoms with Gasteiger partial charge >= 0.3 is 0 Å². The molecule has 0 atom stereocenters. The summed E-state index contributed by atoms with van der Waals surface area (Å²) in [5.74, 6) is 0.123. The maximum atomic E-state index is 14.1. The van der Waals surface area contributed by atoms with Gasteiger partial charge in [-0.2, -0.15) is 0 Å². The second-order valence-corrected chi connectivity index (χ2v) is 5.09. The highest BCUT2D eigenvalue weighted by Gasteiger charge is 2.17. The topological polar surface area (TPSA) is 26.3 Å². The maximum Gasteiger partial charge on any atom is 0.160 e. The Hall–Kier alpha value is -1.87. The van der Waals surface area contributed by atoms with Crippen LogP contribution >= 0.6 is 11.6 Å². The molecule has 0 amide bonds. The molecule has 0 saturated heterocycles. The average molecular weight is 307 g/mol. The lowest BCUT2D eigenvalue weighted by Crippen LogP contribution is -2.01. The van der Waals surface area contributed by atoms with Crippen molar-refractivity contribution in [2.75, 3.05) is 7.11 Å². The molecule has 0 aliphatic heterocycles. The van der Waals surface area contributed by atoms with E-state index in [9.17, 15) is 9.18 Å². The molecule has 0 bridgehead atoms. The number of carbonyl (C=O) groups excluding carboxylic acids is 1. The molecule has 4 heteroatoms. The van der Waals surface area contributed by atoms with E-state index in [0.29, 0.717) is 33.9 Å². The summed E-state index contributed by atoms with van der Waals surface area (Å²) in [6, 6.07) is 7.87. The summed E-state index contributed by atoms with van der Waals surface area (Å²) < 4.78 is 19.2. The summed E-state index contributed by atoms with van der Waals surface area (Å²) in [4.78, 5) is 11.6. The highest BCUT2D eigenvalue weighted by Crippen LogP contribution is 2.36. The van der Waals surface area contributed by atoms with Gasteiger partial charge in [0.1, 0.15) is 11.6 Å². The average Bonchev–Trinajstić information content (AvgIpc) is 2.47. The number of rotatable bonds is 4. The van der Waals surface area contributed by atoms with E-state index >= 15 is 0 Å². The number of halogens is 2. The lowest BCUT2D eigenvalue weighted by atomic mass is 9.95. The Kier molecular flexibility index (Phi) is 4.63. The molecule has 0 unspecified atom stereocenters. The second kappa shape index (κ2) is 6.27. The van der Waals surface area contributed by atoms with E-state index in [1.165, 1.54) is 20.1 Å². The van der Waals surface area contributed by atoms with Crippen molar-refractivity contribution < 1.29 is 13.9 Å². The van der Waals surface area contributed by atoms with Crippen molar-refractivity contribution in [3.8, 4) is 16.9 Å². The Balaban J connectivity index is 2.68. The van der Waals surface area contributed by atoms with Gasteiger partial charge in [-0.1, -0.05) is 30.7 Å². The number of Topliss-reactive ketones (excluding diaryl/α,β-unsaturated/α-hetero) is 1. The third-order valence-corrected chi connectivity index (χ3v) is 3.87. The summed E-state index contributed by atoms with van der Waals surface area (Å²) in [5.41, 5.74) is 2.25. The van der Waals surface area contributed by atoms with Crippen LogP contribution in [0.4, 0.5) is 4.39 Å². The van der Waals surface area contributed by atoms with Crippen LogP contribution < -0.4 is 4.74 Å². The molecule has 0 N–H and O–H groups in total. The largest absolute Gasteiger partial charge is 0.497 e. The van der Waals surface area contributed by atoms with Crippen LogP contribution in [0, 0.1) is 5.82 Å². The Morgan fingerprint density at radius 1 is 1.24 bits per heavy atom. The van der Waals surface area contributed by atoms with Crippen LogP contribution in [-0.4, -0.2) is 12.9 Å². The van der Waals surface area contributed by atoms with Crippen LogP contribution in [0.3, 0.4) is 0 Å². The minimum Gasteiger partial charge on any atom is -0.497 e. The summed E-state index contributed by atoms with van der Waals surface area (Å²) in [6.45, 7) is 3.41. The van der Waals surface area contributed by atoms with Crippen molar-refractivity contribution in [3.63, 3.8) is 0 Å². The van der Waals surface area contributed by atoms with E-state index in [4.69, 9.17) is 16.3 Å². The van der Waals surface area contributed by atoms with E-state index < -0.39 is 0 Å². The van der Waals surface area contributed by atoms with Gasteiger partial charge < -0.3 is 4.74 Å². The van der Waals surface area contributed by atoms with Gasteiger partial charge in [0.2, 0.25) is 0 Å². The smallest absolute Gasteiger partial charge is 0.160 e. The van der Waals surface area contributed by atoms with Gasteiger partial charge in [0, 0.05) is 16.7 Å². The molecule has 0 aliphatic rings. The first-order valence-corrected chi connectivity index (χ1v) is 7.03. The lowest BCUT2D eigenvalue weighted by molar-refractivity contribution is 0.101. The van der Waals surface area contributed by atoms with E-state index in [1.54, 1.807) is 24.3 Å². The summed E-state index contributed by atoms with van der Waals surface area (Å²) in [5, 5.41) is 0.414. The Morgan fingerprint density at radius 3 is 2.52 bits per heavy atom. The zero-order valence-corrected chi connectivity index (χ0v) is 12.9. The van der Waals surface area contributed by atoms with Gasteiger partial charge in [-0.05, 0) is 37.1 Å². The predicted molar refractivity (Wildman–Crippen MR) is 82.8 cm³/mol. The first-order valence-electron chi connectivity index (χ1n) is 6.65. The van der Waals surface area contributed by atoms with E-state index in [1.807, 2.05) is 6.92 Å². The van der Waals surface area contributed by atoms with Gasteiger partial charge in [0.25, 0.3) is 0 Å². The SMILES string of the molecule is CCc1c(C(C)=O)ccc(-c2cc(OC)ccc2F)c1Cl. The Labute approximate surface area is 128 Å². The summed E-state index contributed by atoms with van der Waals surface area (Å²) in [6.07, 6.45) is 0.604. The summed E-state index contributed by atoms with van der Waals surface area (Å²) in [7, 11) is 1.52. The minimum atomic E-state index is -0.379. The molecule has 2 rings (SSSR count). The van der Waals surface area contributed by atoms with Gasteiger partial charge in [0.05, 0.1) is 12.1 Å². The Morgan fingerprint density at radius 2 is 1.95 bits per heavy atom. The van der Waals surface area contributed by atoms with E-state index in [0.717, 1.165) is 5.56 Å². The number of hydrogen-bond donors (Lipinski definition) is 0. The van der Waals surface area contributed by atoms with Gasteiger partial charge in [-0.25, -0.2) is 4.39 Å². The first-order chi connectivity index (χ1) is 9.99. The van der Waals surface area contributed by atoms with Gasteiger partial charge in [0.15, 0.2) is 5.78 Å². The fourth-order valence-corrected chi connectivity index (χ4v) is 2.74. The van der Waals surface area contributed by atoms with Crippen LogP contribution in [0.5, 0.6) is 5.75 Å². The number of methoxy groups -OCH3 is 1. The minimum absolute atomic E-state index is 0.0496. The normalized spacial score (nSPS) is 10.5. The van der Waals surface area contributed by atoms with Crippen LogP contribution in [0.25, 0.3) is 11.1 Å². The molecular formula is C17H16ClFO2. The standard InChI is InChI=1S/C17H16ClFO2/c1-4-12-13(10(2)20)6-7-14(17(12)18)15-9-11(21-3)5-8-16(15)19/h5-9H,4H2,1-3H3. The van der Waals surface area contributed by atoms with Crippen molar-refractivity contribution in [3.05, 3.63) is 52.3 Å². The van der Waals surface area contributed by atoms with Crippen molar-refractivity contribution in [2.45, 2.75) is 20.3 Å². The predicted octanol–water partition coefficient (Wildman–Crippen LogP) is 4.92. The molecule has 0 heterocycles. The van der Waals surface area contributed by atoms with Gasteiger partial charge in [-0.3, -0.25) is 4.79 Å². The number of ketones is 1. The van der Waals surface area contributed by atoms with Crippen LogP contribution in [0.2, 0.25) is 5.02 Å².